The Morgan fingerprint density at radius 1 is 1.07 bits per heavy atom. The van der Waals surface area contributed by atoms with E-state index in [1.165, 1.54) is 0 Å². The third-order valence-corrected chi connectivity index (χ3v) is 7.92. The first-order valence-electron chi connectivity index (χ1n) is 7.32. The molecule has 0 aliphatic carbocycles. The maximum absolute atomic E-state index is 11.9. The topological polar surface area (TPSA) is 264 Å². The predicted octanol–water partition coefficient (Wildman–Crippen LogP) is -1.90. The third-order valence-electron chi connectivity index (χ3n) is 3.35. The molecule has 1 aliphatic heterocycles. The van der Waals surface area contributed by atoms with E-state index in [0.717, 1.165) is 10.8 Å². The fraction of sp³-hybridized carbons (Fsp3) is 0.556. The minimum atomic E-state index is -5.73. The minimum Gasteiger partial charge on any atom is -0.387 e. The first kappa shape index (κ1) is 26.0. The number of phosphoric ester groups is 1. The second kappa shape index (κ2) is 9.29. The van der Waals surface area contributed by atoms with Gasteiger partial charge < -0.3 is 34.5 Å². The lowest BCUT2D eigenvalue weighted by Gasteiger charge is -2.19. The lowest BCUT2D eigenvalue weighted by atomic mass is 10.1. The molecule has 1 saturated heterocycles. The van der Waals surface area contributed by atoms with Gasteiger partial charge in [-0.05, 0) is 22.6 Å². The standard InChI is InChI=1S/C9H14IN2O15P3/c10-3-1-12(9(16)11-7(3)15)8-6(14)5(13)4(25-8)2-24-29(20,21)27-30(22,23)26-28(17,18)19/h1,4-6,8,13-14H,2H2,(H,20,21)(H,22,23)(H,11,15,16)(H2,17,18,19). The molecule has 0 radical (unpaired) electrons. The van der Waals surface area contributed by atoms with E-state index in [1.54, 1.807) is 22.6 Å². The van der Waals surface area contributed by atoms with Crippen LogP contribution in [-0.4, -0.2) is 64.3 Å². The maximum atomic E-state index is 11.9. The number of halogens is 1. The van der Waals surface area contributed by atoms with Gasteiger partial charge in [-0.25, -0.2) is 18.5 Å². The Bertz CT molecular complexity index is 1050. The van der Waals surface area contributed by atoms with Crippen molar-refractivity contribution in [3.8, 4) is 0 Å². The summed E-state index contributed by atoms with van der Waals surface area (Å²) in [6, 6.07) is 0. The Hall–Kier alpha value is -0.300. The van der Waals surface area contributed by atoms with Crippen molar-refractivity contribution in [2.24, 2.45) is 0 Å². The number of hydrogen-bond donors (Lipinski definition) is 7. The molecule has 7 N–H and O–H groups in total. The molecule has 17 nitrogen and oxygen atoms in total. The van der Waals surface area contributed by atoms with E-state index in [2.05, 4.69) is 13.1 Å². The number of nitrogens with one attached hydrogen (secondary N) is 1. The zero-order valence-electron chi connectivity index (χ0n) is 14.1. The van der Waals surface area contributed by atoms with E-state index >= 15 is 0 Å². The maximum Gasteiger partial charge on any atom is 0.490 e. The molecule has 0 bridgehead atoms. The highest BCUT2D eigenvalue weighted by atomic mass is 127. The van der Waals surface area contributed by atoms with Crippen LogP contribution in [0.25, 0.3) is 0 Å². The third kappa shape index (κ3) is 6.85. The molecule has 0 aromatic carbocycles. The number of H-pyrrole nitrogens is 1. The van der Waals surface area contributed by atoms with Gasteiger partial charge >= 0.3 is 29.2 Å². The van der Waals surface area contributed by atoms with Crippen LogP contribution in [-0.2, 0) is 31.6 Å². The quantitative estimate of drug-likeness (QED) is 0.125. The second-order valence-corrected chi connectivity index (χ2v) is 11.2. The first-order chi connectivity index (χ1) is 13.5. The minimum absolute atomic E-state index is 0.0363. The van der Waals surface area contributed by atoms with Gasteiger partial charge in [0.05, 0.1) is 10.2 Å². The number of hydrogen-bond acceptors (Lipinski definition) is 11. The molecule has 30 heavy (non-hydrogen) atoms. The van der Waals surface area contributed by atoms with Crippen molar-refractivity contribution in [1.29, 1.82) is 0 Å². The van der Waals surface area contributed by atoms with Crippen molar-refractivity contribution in [2.45, 2.75) is 24.5 Å². The highest BCUT2D eigenvalue weighted by Gasteiger charge is 2.46. The van der Waals surface area contributed by atoms with Crippen molar-refractivity contribution < 1.29 is 61.4 Å². The van der Waals surface area contributed by atoms with Crippen LogP contribution in [0.15, 0.2) is 15.8 Å². The van der Waals surface area contributed by atoms with Crippen LogP contribution in [0.2, 0.25) is 0 Å². The SMILES string of the molecule is O=c1[nH]c(=O)n(C2OC(COP(=O)(O)OP(=O)(O)OP(=O)(O)O)C(O)C2O)cc1I. The monoisotopic (exact) mass is 610 g/mol. The fourth-order valence-electron chi connectivity index (χ4n) is 2.22. The van der Waals surface area contributed by atoms with Crippen LogP contribution in [0.1, 0.15) is 6.23 Å². The lowest BCUT2D eigenvalue weighted by Crippen LogP contribution is -2.38. The van der Waals surface area contributed by atoms with Gasteiger partial charge in [-0.15, -0.1) is 0 Å². The molecule has 1 fully saturated rings. The molecule has 2 heterocycles. The van der Waals surface area contributed by atoms with Gasteiger partial charge in [0.1, 0.15) is 18.3 Å². The van der Waals surface area contributed by atoms with Crippen molar-refractivity contribution in [2.75, 3.05) is 6.61 Å². The second-order valence-electron chi connectivity index (χ2n) is 5.58. The highest BCUT2D eigenvalue weighted by molar-refractivity contribution is 14.1. The Morgan fingerprint density at radius 3 is 2.23 bits per heavy atom. The summed E-state index contributed by atoms with van der Waals surface area (Å²) in [6.07, 6.45) is -5.66. The Balaban J connectivity index is 2.09. The molecule has 21 heteroatoms. The van der Waals surface area contributed by atoms with Gasteiger partial charge in [0.25, 0.3) is 5.56 Å². The van der Waals surface area contributed by atoms with Crippen LogP contribution >= 0.6 is 46.1 Å². The number of aromatic nitrogens is 2. The summed E-state index contributed by atoms with van der Waals surface area (Å²) < 4.78 is 50.8. The molecular formula is C9H14IN2O15P3. The molecule has 1 aliphatic rings. The van der Waals surface area contributed by atoms with Crippen molar-refractivity contribution in [1.82, 2.24) is 9.55 Å². The van der Waals surface area contributed by atoms with E-state index in [0.29, 0.717) is 0 Å². The molecule has 1 aromatic rings. The highest BCUT2D eigenvalue weighted by Crippen LogP contribution is 2.66. The lowest BCUT2D eigenvalue weighted by molar-refractivity contribution is -0.0543. The number of phosphoric acid groups is 3. The number of nitrogens with zero attached hydrogens (tertiary/aromatic N) is 1. The van der Waals surface area contributed by atoms with Gasteiger partial charge in [0.2, 0.25) is 0 Å². The van der Waals surface area contributed by atoms with E-state index in [-0.39, 0.29) is 3.57 Å². The molecule has 1 aromatic heterocycles. The van der Waals surface area contributed by atoms with E-state index < -0.39 is 65.9 Å². The van der Waals surface area contributed by atoms with Crippen molar-refractivity contribution in [3.05, 3.63) is 30.6 Å². The van der Waals surface area contributed by atoms with E-state index in [9.17, 15) is 38.4 Å². The smallest absolute Gasteiger partial charge is 0.387 e. The molecular weight excluding hydrogens is 596 g/mol. The zero-order valence-corrected chi connectivity index (χ0v) is 19.0. The summed E-state index contributed by atoms with van der Waals surface area (Å²) in [5.74, 6) is 0. The van der Waals surface area contributed by atoms with Gasteiger partial charge in [-0.1, -0.05) is 0 Å². The average Bonchev–Trinajstić information content (AvgIpc) is 2.81. The average molecular weight is 610 g/mol. The van der Waals surface area contributed by atoms with Gasteiger partial charge in [-0.2, -0.15) is 8.62 Å². The summed E-state index contributed by atoms with van der Waals surface area (Å²) in [5, 5.41) is 20.1. The summed E-state index contributed by atoms with van der Waals surface area (Å²) >= 11 is 1.59. The summed E-state index contributed by atoms with van der Waals surface area (Å²) in [7, 11) is -16.8. The molecule has 172 valence electrons. The molecule has 0 amide bonds. The number of aromatic amines is 1. The number of rotatable bonds is 8. The Morgan fingerprint density at radius 2 is 1.67 bits per heavy atom. The van der Waals surface area contributed by atoms with Crippen LogP contribution in [0, 0.1) is 3.57 Å². The van der Waals surface area contributed by atoms with Crippen molar-refractivity contribution >= 4 is 46.1 Å². The number of aliphatic hydroxyl groups excluding tert-OH is 2. The van der Waals surface area contributed by atoms with E-state index in [4.69, 9.17) is 19.4 Å². The van der Waals surface area contributed by atoms with Crippen molar-refractivity contribution in [3.63, 3.8) is 0 Å². The fourth-order valence-corrected chi connectivity index (χ4v) is 5.68. The van der Waals surface area contributed by atoms with Gasteiger partial charge in [0.15, 0.2) is 6.23 Å². The zero-order chi connectivity index (χ0) is 23.1. The molecule has 6 unspecified atom stereocenters. The number of aliphatic hydroxyl groups is 2. The Kier molecular flexibility index (Phi) is 8.03. The largest absolute Gasteiger partial charge is 0.490 e. The van der Waals surface area contributed by atoms with E-state index in [1.807, 2.05) is 4.98 Å². The van der Waals surface area contributed by atoms with Crippen LogP contribution < -0.4 is 11.2 Å². The predicted molar refractivity (Wildman–Crippen MR) is 99.8 cm³/mol. The summed E-state index contributed by atoms with van der Waals surface area (Å²) in [6.45, 7) is -1.05. The van der Waals surface area contributed by atoms with Gasteiger partial charge in [0, 0.05) is 6.20 Å². The molecule has 6 atom stereocenters. The Labute approximate surface area is 178 Å². The first-order valence-corrected chi connectivity index (χ1v) is 12.9. The summed E-state index contributed by atoms with van der Waals surface area (Å²) in [5.41, 5.74) is -1.71. The molecule has 0 saturated carbocycles. The molecule has 0 spiro atoms. The van der Waals surface area contributed by atoms with Crippen LogP contribution in [0.5, 0.6) is 0 Å². The van der Waals surface area contributed by atoms with Crippen LogP contribution in [0.4, 0.5) is 0 Å². The van der Waals surface area contributed by atoms with Gasteiger partial charge in [-0.3, -0.25) is 18.9 Å². The summed E-state index contributed by atoms with van der Waals surface area (Å²) in [4.78, 5) is 60.6. The number of ether oxygens (including phenoxy) is 1. The normalized spacial score (nSPS) is 28.8. The van der Waals surface area contributed by atoms with Crippen LogP contribution in [0.3, 0.4) is 0 Å². The molecule has 2 rings (SSSR count).